The maximum atomic E-state index is 12.8. The van der Waals surface area contributed by atoms with Gasteiger partial charge in [0.1, 0.15) is 6.61 Å². The van der Waals surface area contributed by atoms with E-state index in [0.717, 1.165) is 12.0 Å². The van der Waals surface area contributed by atoms with Crippen LogP contribution in [-0.2, 0) is 25.7 Å². The lowest BCUT2D eigenvalue weighted by Crippen LogP contribution is -2.43. The summed E-state index contributed by atoms with van der Waals surface area (Å²) in [7, 11) is 0. The number of carbonyl (C=O) groups excluding carboxylic acids is 2. The Balaban J connectivity index is 1.77. The summed E-state index contributed by atoms with van der Waals surface area (Å²) in [6.07, 6.45) is 1.92. The van der Waals surface area contributed by atoms with Gasteiger partial charge in [-0.3, -0.25) is 19.7 Å². The van der Waals surface area contributed by atoms with Gasteiger partial charge in [0, 0.05) is 18.8 Å². The predicted molar refractivity (Wildman–Crippen MR) is 138 cm³/mol. The van der Waals surface area contributed by atoms with E-state index in [1.807, 2.05) is 48.5 Å². The number of benzene rings is 2. The van der Waals surface area contributed by atoms with Gasteiger partial charge in [0.25, 0.3) is 0 Å². The molecule has 0 bridgehead atoms. The Morgan fingerprint density at radius 3 is 2.26 bits per heavy atom. The van der Waals surface area contributed by atoms with Crippen molar-refractivity contribution in [3.05, 3.63) is 66.2 Å². The van der Waals surface area contributed by atoms with Gasteiger partial charge in [0.05, 0.1) is 19.0 Å². The van der Waals surface area contributed by atoms with Gasteiger partial charge in [0.15, 0.2) is 5.11 Å². The normalized spacial score (nSPS) is 11.2. The molecule has 0 radical (unpaired) electrons. The van der Waals surface area contributed by atoms with E-state index in [4.69, 9.17) is 22.1 Å². The maximum absolute atomic E-state index is 12.8. The van der Waals surface area contributed by atoms with Gasteiger partial charge in [-0.25, -0.2) is 0 Å². The molecule has 1 amide bonds. The molecule has 0 heterocycles. The van der Waals surface area contributed by atoms with Crippen molar-refractivity contribution in [3.8, 4) is 0 Å². The minimum atomic E-state index is -0.892. The number of anilines is 1. The number of hydrogen-bond acceptors (Lipinski definition) is 6. The third-order valence-corrected chi connectivity index (χ3v) is 5.21. The zero-order chi connectivity index (χ0) is 25.3. The van der Waals surface area contributed by atoms with E-state index < -0.39 is 18.0 Å². The summed E-state index contributed by atoms with van der Waals surface area (Å²) in [5, 5.41) is 20.8. The van der Waals surface area contributed by atoms with Crippen molar-refractivity contribution in [1.82, 2.24) is 16.0 Å². The molecule has 188 valence electrons. The molecule has 0 aliphatic carbocycles. The van der Waals surface area contributed by atoms with Crippen LogP contribution in [-0.4, -0.2) is 53.7 Å². The standard InChI is InChI=1S/C25H32N4O5S/c30-22(31)14-16-27-25(35)26-15-8-7-13-21(24(33)29-20-11-5-2-6-12-20)28-17-23(32)34-18-19-9-3-1-4-10-19/h1-6,9-12,21,28H,7-8,13-18H2,(H,29,33)(H,30,31)(H2,26,27,35)/t21-/m0/s1. The summed E-state index contributed by atoms with van der Waals surface area (Å²) in [5.74, 6) is -1.56. The predicted octanol–water partition coefficient (Wildman–Crippen LogP) is 2.44. The first kappa shape index (κ1) is 27.7. The van der Waals surface area contributed by atoms with Crippen LogP contribution in [0.5, 0.6) is 0 Å². The number of amides is 1. The molecule has 0 unspecified atom stereocenters. The first-order valence-corrected chi connectivity index (χ1v) is 11.9. The minimum absolute atomic E-state index is 0.0144. The molecule has 0 aliphatic heterocycles. The topological polar surface area (TPSA) is 129 Å². The van der Waals surface area contributed by atoms with Crippen molar-refractivity contribution in [3.63, 3.8) is 0 Å². The largest absolute Gasteiger partial charge is 0.481 e. The van der Waals surface area contributed by atoms with Gasteiger partial charge in [-0.15, -0.1) is 0 Å². The Morgan fingerprint density at radius 1 is 0.914 bits per heavy atom. The molecule has 0 saturated heterocycles. The van der Waals surface area contributed by atoms with Crippen molar-refractivity contribution in [1.29, 1.82) is 0 Å². The lowest BCUT2D eigenvalue weighted by molar-refractivity contribution is -0.144. The number of esters is 1. The number of nitrogens with one attached hydrogen (secondary N) is 4. The zero-order valence-electron chi connectivity index (χ0n) is 19.5. The molecule has 0 saturated carbocycles. The molecule has 1 atom stereocenters. The fourth-order valence-electron chi connectivity index (χ4n) is 3.09. The summed E-state index contributed by atoms with van der Waals surface area (Å²) in [5.41, 5.74) is 1.57. The number of aliphatic carboxylic acids is 1. The van der Waals surface area contributed by atoms with Crippen LogP contribution >= 0.6 is 12.2 Å². The van der Waals surface area contributed by atoms with Crippen LogP contribution in [0.25, 0.3) is 0 Å². The molecular weight excluding hydrogens is 468 g/mol. The highest BCUT2D eigenvalue weighted by molar-refractivity contribution is 7.80. The first-order chi connectivity index (χ1) is 16.9. The number of carboxylic acids is 1. The summed E-state index contributed by atoms with van der Waals surface area (Å²) < 4.78 is 5.29. The number of carbonyl (C=O) groups is 3. The summed E-state index contributed by atoms with van der Waals surface area (Å²) in [6, 6.07) is 17.9. The average Bonchev–Trinajstić information content (AvgIpc) is 2.85. The molecule has 5 N–H and O–H groups in total. The number of ether oxygens (including phenoxy) is 1. The lowest BCUT2D eigenvalue weighted by Gasteiger charge is -2.18. The van der Waals surface area contributed by atoms with Crippen LogP contribution in [0.2, 0.25) is 0 Å². The van der Waals surface area contributed by atoms with Crippen molar-refractivity contribution in [2.75, 3.05) is 25.0 Å². The molecule has 0 fully saturated rings. The number of para-hydroxylation sites is 1. The van der Waals surface area contributed by atoms with Crippen LogP contribution in [0.15, 0.2) is 60.7 Å². The van der Waals surface area contributed by atoms with Crippen LogP contribution < -0.4 is 21.3 Å². The molecular formula is C25H32N4O5S. The van der Waals surface area contributed by atoms with Crippen molar-refractivity contribution < 1.29 is 24.2 Å². The van der Waals surface area contributed by atoms with E-state index in [1.54, 1.807) is 12.1 Å². The molecule has 0 aromatic heterocycles. The van der Waals surface area contributed by atoms with Gasteiger partial charge < -0.3 is 25.8 Å². The van der Waals surface area contributed by atoms with E-state index >= 15 is 0 Å². The molecule has 2 rings (SSSR count). The van der Waals surface area contributed by atoms with Gasteiger partial charge in [0.2, 0.25) is 5.91 Å². The Labute approximate surface area is 210 Å². The van der Waals surface area contributed by atoms with E-state index in [2.05, 4.69) is 21.3 Å². The monoisotopic (exact) mass is 500 g/mol. The van der Waals surface area contributed by atoms with Gasteiger partial charge in [-0.1, -0.05) is 48.5 Å². The minimum Gasteiger partial charge on any atom is -0.481 e. The van der Waals surface area contributed by atoms with Crippen LogP contribution in [0.1, 0.15) is 31.2 Å². The highest BCUT2D eigenvalue weighted by Gasteiger charge is 2.19. The van der Waals surface area contributed by atoms with Gasteiger partial charge >= 0.3 is 11.9 Å². The number of thiocarbonyl (C=S) groups is 1. The van der Waals surface area contributed by atoms with Crippen molar-refractivity contribution in [2.45, 2.75) is 38.3 Å². The van der Waals surface area contributed by atoms with Gasteiger partial charge in [-0.05, 0) is 49.2 Å². The number of unbranched alkanes of at least 4 members (excludes halogenated alkanes) is 1. The van der Waals surface area contributed by atoms with Gasteiger partial charge in [-0.2, -0.15) is 0 Å². The van der Waals surface area contributed by atoms with Crippen molar-refractivity contribution in [2.24, 2.45) is 0 Å². The number of rotatable bonds is 15. The Hall–Kier alpha value is -3.50. The van der Waals surface area contributed by atoms with Crippen LogP contribution in [0.4, 0.5) is 5.69 Å². The number of hydrogen-bond donors (Lipinski definition) is 5. The summed E-state index contributed by atoms with van der Waals surface area (Å²) >= 11 is 5.11. The number of carboxylic acid groups (broad SMARTS) is 1. The quantitative estimate of drug-likeness (QED) is 0.142. The Kier molecular flexibility index (Phi) is 12.8. The highest BCUT2D eigenvalue weighted by Crippen LogP contribution is 2.09. The molecule has 9 nitrogen and oxygen atoms in total. The molecule has 35 heavy (non-hydrogen) atoms. The summed E-state index contributed by atoms with van der Waals surface area (Å²) in [6.45, 7) is 0.919. The maximum Gasteiger partial charge on any atom is 0.320 e. The smallest absolute Gasteiger partial charge is 0.320 e. The first-order valence-electron chi connectivity index (χ1n) is 11.5. The van der Waals surface area contributed by atoms with Crippen LogP contribution in [0, 0.1) is 0 Å². The molecule has 0 aliphatic rings. The zero-order valence-corrected chi connectivity index (χ0v) is 20.3. The van der Waals surface area contributed by atoms with Crippen molar-refractivity contribution >= 4 is 40.9 Å². The van der Waals surface area contributed by atoms with E-state index in [-0.39, 0.29) is 32.0 Å². The molecule has 0 spiro atoms. The lowest BCUT2D eigenvalue weighted by atomic mass is 10.1. The Bertz CT molecular complexity index is 943. The molecule has 10 heteroatoms. The summed E-state index contributed by atoms with van der Waals surface area (Å²) in [4.78, 5) is 35.6. The van der Waals surface area contributed by atoms with Crippen LogP contribution in [0.3, 0.4) is 0 Å². The van der Waals surface area contributed by atoms with E-state index in [0.29, 0.717) is 30.2 Å². The fourth-order valence-corrected chi connectivity index (χ4v) is 3.30. The average molecular weight is 501 g/mol. The molecule has 2 aromatic rings. The SMILES string of the molecule is O=C(O)CCNC(=S)NCCCC[C@H](NCC(=O)OCc1ccccc1)C(=O)Nc1ccccc1. The fraction of sp³-hybridized carbons (Fsp3) is 0.360. The Morgan fingerprint density at radius 2 is 1.57 bits per heavy atom. The highest BCUT2D eigenvalue weighted by atomic mass is 32.1. The molecule has 2 aromatic carbocycles. The van der Waals surface area contributed by atoms with E-state index in [1.165, 1.54) is 0 Å². The third kappa shape index (κ3) is 12.5. The second kappa shape index (κ2) is 16.2. The van der Waals surface area contributed by atoms with E-state index in [9.17, 15) is 14.4 Å². The second-order valence-corrected chi connectivity index (χ2v) is 8.17. The second-order valence-electron chi connectivity index (χ2n) is 7.76. The third-order valence-electron chi connectivity index (χ3n) is 4.92.